The van der Waals surface area contributed by atoms with Gasteiger partial charge in [-0.15, -0.1) is 0 Å². The number of phenols is 1. The summed E-state index contributed by atoms with van der Waals surface area (Å²) in [7, 11) is 0. The van der Waals surface area contributed by atoms with Crippen LogP contribution in [0, 0.1) is 23.2 Å². The number of aliphatic hydroxyl groups excluding tert-OH is 3. The Morgan fingerprint density at radius 3 is 2.26 bits per heavy atom. The van der Waals surface area contributed by atoms with Gasteiger partial charge in [0.05, 0.1) is 31.1 Å². The van der Waals surface area contributed by atoms with E-state index in [1.165, 1.54) is 11.1 Å². The molecule has 0 radical (unpaired) electrons. The Labute approximate surface area is 352 Å². The summed E-state index contributed by atoms with van der Waals surface area (Å²) < 4.78 is 44.7. The fourth-order valence-electron chi connectivity index (χ4n) is 10.6. The zero-order valence-corrected chi connectivity index (χ0v) is 33.8. The van der Waals surface area contributed by atoms with Crippen LogP contribution in [0.15, 0.2) is 79.1 Å². The number of nitrogens with zero attached hydrogens (tertiary/aromatic N) is 2. The lowest BCUT2D eigenvalue weighted by atomic mass is 9.52. The Morgan fingerprint density at radius 1 is 0.885 bits per heavy atom. The number of aliphatic hydroxyl groups is 3. The summed E-state index contributed by atoms with van der Waals surface area (Å²) in [5.41, 5.74) is 3.89. The molecule has 0 spiro atoms. The maximum atomic E-state index is 13.2. The zero-order valence-electron chi connectivity index (χ0n) is 33.8. The Kier molecular flexibility index (Phi) is 12.1. The predicted octanol–water partition coefficient (Wildman–Crippen LogP) is 5.85. The lowest BCUT2D eigenvalue weighted by molar-refractivity contribution is -0.141. The first kappa shape index (κ1) is 42.6. The lowest BCUT2D eigenvalue weighted by Gasteiger charge is -2.53. The first-order valence-electron chi connectivity index (χ1n) is 21.1. The largest absolute Gasteiger partial charge is 0.508 e. The van der Waals surface area contributed by atoms with Gasteiger partial charge in [-0.1, -0.05) is 37.3 Å². The second kappa shape index (κ2) is 17.3. The molecule has 7 N–H and O–H groups in total. The van der Waals surface area contributed by atoms with Gasteiger partial charge in [0.25, 0.3) is 11.8 Å². The van der Waals surface area contributed by atoms with Crippen molar-refractivity contribution in [2.24, 2.45) is 23.2 Å². The van der Waals surface area contributed by atoms with Crippen LogP contribution in [-0.4, -0.2) is 92.4 Å². The van der Waals surface area contributed by atoms with E-state index in [1.807, 2.05) is 18.2 Å². The third-order valence-corrected chi connectivity index (χ3v) is 13.9. The van der Waals surface area contributed by atoms with Gasteiger partial charge in [-0.3, -0.25) is 14.6 Å². The first-order valence-corrected chi connectivity index (χ1v) is 21.1. The number of rotatable bonds is 11. The number of aromatic hydroxyl groups is 1. The second-order valence-corrected chi connectivity index (χ2v) is 17.4. The number of hydrogen-bond acceptors (Lipinski definition) is 10. The van der Waals surface area contributed by atoms with Gasteiger partial charge in [0.1, 0.15) is 29.9 Å². The van der Waals surface area contributed by atoms with Crippen LogP contribution in [0.4, 0.5) is 19.0 Å². The van der Waals surface area contributed by atoms with Crippen molar-refractivity contribution in [3.63, 3.8) is 0 Å². The quantitative estimate of drug-likeness (QED) is 0.0904. The Bertz CT molecular complexity index is 2210. The monoisotopic (exact) mass is 843 g/mol. The van der Waals surface area contributed by atoms with Crippen molar-refractivity contribution in [2.45, 2.75) is 94.4 Å². The molecule has 4 unspecified atom stereocenters. The smallest absolute Gasteiger partial charge is 0.434 e. The van der Waals surface area contributed by atoms with E-state index in [2.05, 4.69) is 38.9 Å². The Morgan fingerprint density at radius 2 is 1.57 bits per heavy atom. The highest BCUT2D eigenvalue weighted by molar-refractivity contribution is 5.95. The number of amides is 2. The van der Waals surface area contributed by atoms with Gasteiger partial charge in [-0.2, -0.15) is 13.2 Å². The van der Waals surface area contributed by atoms with E-state index >= 15 is 0 Å². The van der Waals surface area contributed by atoms with Gasteiger partial charge in [0.2, 0.25) is 0 Å². The highest BCUT2D eigenvalue weighted by atomic mass is 19.4. The average Bonchev–Trinajstić information content (AvgIpc) is 3.56. The maximum Gasteiger partial charge on any atom is 0.434 e. The maximum absolute atomic E-state index is 13.2. The van der Waals surface area contributed by atoms with E-state index in [0.717, 1.165) is 62.3 Å². The van der Waals surface area contributed by atoms with Crippen molar-refractivity contribution >= 4 is 17.6 Å². The molecule has 3 fully saturated rings. The van der Waals surface area contributed by atoms with Crippen molar-refractivity contribution in [1.82, 2.24) is 20.6 Å². The molecule has 15 heteroatoms. The molecule has 12 nitrogen and oxygen atoms in total. The van der Waals surface area contributed by atoms with E-state index in [4.69, 9.17) is 4.74 Å². The molecule has 1 aliphatic heterocycles. The summed E-state index contributed by atoms with van der Waals surface area (Å²) in [6.45, 7) is 2.51. The normalized spacial score (nSPS) is 29.5. The van der Waals surface area contributed by atoms with Gasteiger partial charge < -0.3 is 41.1 Å². The van der Waals surface area contributed by atoms with E-state index in [-0.39, 0.29) is 36.4 Å². The number of ether oxygens (including phenoxy) is 1. The molecule has 2 saturated carbocycles. The number of alkyl halides is 3. The summed E-state index contributed by atoms with van der Waals surface area (Å²) in [5.74, 6) is 1.24. The molecule has 4 aliphatic rings. The zero-order chi connectivity index (χ0) is 43.1. The first-order chi connectivity index (χ1) is 29.2. The standard InChI is InChI=1S/C46H52F3N5O7/c1-45-17-16-33-32-13-12-31(55)20-30(32)19-29(40(33)34(45)14-15-38(45)56)3-2-18-51-43(59)27-8-4-25(5-9-27)26-6-10-28(11-7-26)44(60)52-21-36-42(58)41(57)35(24-61-36)53-39-23-50-22-37(54-39)46(47,48)49/h4-13,20,22-23,29,33-36,38,40-42,55-58H,2-3,14-19,21,24H2,1H3,(H,51,59)(H,52,60)(H,53,54)/t29?,33?,34?,35-,36+,38-,40?,41+,42-,45-/m0/s1. The average molecular weight is 844 g/mol. The van der Waals surface area contributed by atoms with Crippen LogP contribution in [0.25, 0.3) is 11.1 Å². The molecular formula is C46H52F3N5O7. The minimum absolute atomic E-state index is 0.0536. The number of nitrogens with one attached hydrogen (secondary N) is 3. The van der Waals surface area contributed by atoms with Gasteiger partial charge in [0.15, 0.2) is 5.69 Å². The van der Waals surface area contributed by atoms with Crippen LogP contribution in [0.2, 0.25) is 0 Å². The minimum atomic E-state index is -4.70. The number of anilines is 1. The van der Waals surface area contributed by atoms with E-state index < -0.39 is 42.1 Å². The molecule has 61 heavy (non-hydrogen) atoms. The summed E-state index contributed by atoms with van der Waals surface area (Å²) >= 11 is 0. The summed E-state index contributed by atoms with van der Waals surface area (Å²) in [6.07, 6.45) is -0.547. The van der Waals surface area contributed by atoms with Crippen LogP contribution in [0.5, 0.6) is 5.75 Å². The molecule has 2 amide bonds. The number of halogens is 3. The van der Waals surface area contributed by atoms with Crippen molar-refractivity contribution in [3.05, 3.63) is 107 Å². The number of phenolic OH excluding ortho intramolecular Hbond substituents is 1. The molecule has 324 valence electrons. The van der Waals surface area contributed by atoms with Crippen LogP contribution in [0.3, 0.4) is 0 Å². The molecule has 4 aromatic rings. The van der Waals surface area contributed by atoms with Crippen molar-refractivity contribution < 1.29 is 47.9 Å². The SMILES string of the molecule is C[C@]12CCC3c4ccc(O)cc4CC(CCCNC(=O)c4ccc(-c5ccc(C(=O)NC[C@H]6OC[C@H](Nc7cncc(C(F)(F)F)n7)[C@@H](O)[C@H]6O)cc5)cc4)C3C1CC[C@@H]2O. The third-order valence-electron chi connectivity index (χ3n) is 13.9. The highest BCUT2D eigenvalue weighted by Crippen LogP contribution is 2.62. The predicted molar refractivity (Wildman–Crippen MR) is 220 cm³/mol. The number of hydrogen-bond donors (Lipinski definition) is 7. The van der Waals surface area contributed by atoms with Crippen LogP contribution in [-0.2, 0) is 17.3 Å². The summed E-state index contributed by atoms with van der Waals surface area (Å²) in [4.78, 5) is 33.1. The van der Waals surface area contributed by atoms with Gasteiger partial charge >= 0.3 is 6.18 Å². The van der Waals surface area contributed by atoms with E-state index in [9.17, 15) is 43.2 Å². The Balaban J connectivity index is 0.800. The minimum Gasteiger partial charge on any atom is -0.508 e. The third kappa shape index (κ3) is 8.83. The van der Waals surface area contributed by atoms with Gasteiger partial charge in [0, 0.05) is 24.2 Å². The summed E-state index contributed by atoms with van der Waals surface area (Å²) in [6, 6.07) is 19.0. The fourth-order valence-corrected chi connectivity index (χ4v) is 10.6. The lowest BCUT2D eigenvalue weighted by Crippen LogP contribution is -2.58. The number of carbonyl (C=O) groups is 2. The molecule has 3 aliphatic carbocycles. The van der Waals surface area contributed by atoms with E-state index in [1.54, 1.807) is 42.5 Å². The molecule has 1 aromatic heterocycles. The van der Waals surface area contributed by atoms with Crippen molar-refractivity contribution in [1.29, 1.82) is 0 Å². The Hall–Kier alpha value is -5.09. The van der Waals surface area contributed by atoms with E-state index in [0.29, 0.717) is 53.3 Å². The molecule has 1 saturated heterocycles. The number of benzene rings is 3. The fraction of sp³-hybridized carbons (Fsp3) is 0.478. The van der Waals surface area contributed by atoms with Crippen LogP contribution < -0.4 is 16.0 Å². The molecule has 8 rings (SSSR count). The number of carbonyl (C=O) groups excluding carboxylic acids is 2. The second-order valence-electron chi connectivity index (χ2n) is 17.4. The van der Waals surface area contributed by atoms with Crippen molar-refractivity contribution in [3.8, 4) is 16.9 Å². The van der Waals surface area contributed by atoms with Crippen LogP contribution in [0.1, 0.15) is 88.9 Å². The van der Waals surface area contributed by atoms with Crippen molar-refractivity contribution in [2.75, 3.05) is 25.0 Å². The molecule has 3 aromatic carbocycles. The van der Waals surface area contributed by atoms with Gasteiger partial charge in [-0.05, 0) is 133 Å². The molecule has 10 atom stereocenters. The highest BCUT2D eigenvalue weighted by Gasteiger charge is 2.56. The molecular weight excluding hydrogens is 792 g/mol. The molecule has 0 bridgehead atoms. The van der Waals surface area contributed by atoms with Gasteiger partial charge in [-0.25, -0.2) is 4.98 Å². The topological polar surface area (TPSA) is 186 Å². The number of fused-ring (bicyclic) bond motifs is 5. The van der Waals surface area contributed by atoms with Crippen LogP contribution >= 0.6 is 0 Å². The summed E-state index contributed by atoms with van der Waals surface area (Å²) in [5, 5.41) is 51.0. The molecule has 2 heterocycles. The number of aromatic nitrogens is 2.